The van der Waals surface area contributed by atoms with E-state index in [-0.39, 0.29) is 0 Å². The number of phenols is 1. The van der Waals surface area contributed by atoms with Crippen LogP contribution in [-0.2, 0) is 12.8 Å². The molecule has 1 aromatic carbocycles. The summed E-state index contributed by atoms with van der Waals surface area (Å²) in [5.74, 6) is 0.492. The van der Waals surface area contributed by atoms with Crippen LogP contribution in [0.15, 0.2) is 6.07 Å². The molecule has 0 spiro atoms. The Hall–Kier alpha value is -0.290. The topological polar surface area (TPSA) is 32.3 Å². The molecule has 1 aromatic rings. The highest BCUT2D eigenvalue weighted by atomic mass is 127. The summed E-state index contributed by atoms with van der Waals surface area (Å²) < 4.78 is 1.00. The maximum Gasteiger partial charge on any atom is 0.132 e. The van der Waals surface area contributed by atoms with Gasteiger partial charge >= 0.3 is 0 Å². The summed E-state index contributed by atoms with van der Waals surface area (Å²) in [5.41, 5.74) is 3.97. The molecule has 0 bridgehead atoms. The van der Waals surface area contributed by atoms with E-state index in [1.54, 1.807) is 0 Å². The molecule has 0 atom stereocenters. The average molecular weight is 347 g/mol. The third kappa shape index (κ3) is 3.85. The lowest BCUT2D eigenvalue weighted by atomic mass is 9.97. The second-order valence-electron chi connectivity index (χ2n) is 4.53. The molecule has 0 heterocycles. The van der Waals surface area contributed by atoms with Gasteiger partial charge in [-0.15, -0.1) is 0 Å². The summed E-state index contributed by atoms with van der Waals surface area (Å²) in [4.78, 5) is 0. The molecule has 0 saturated heterocycles. The number of aryl methyl sites for hydroxylation is 1. The Balaban J connectivity index is 0.000000437. The van der Waals surface area contributed by atoms with Gasteiger partial charge in [0.05, 0.1) is 3.57 Å². The molecule has 0 unspecified atom stereocenters. The van der Waals surface area contributed by atoms with Gasteiger partial charge in [-0.1, -0.05) is 6.42 Å². The van der Waals surface area contributed by atoms with Gasteiger partial charge in [-0.2, -0.15) is 0 Å². The van der Waals surface area contributed by atoms with Crippen molar-refractivity contribution in [2.24, 2.45) is 0 Å². The number of halogens is 1. The summed E-state index contributed by atoms with van der Waals surface area (Å²) in [6.07, 6.45) is 6.23. The molecule has 96 valence electrons. The molecule has 17 heavy (non-hydrogen) atoms. The van der Waals surface area contributed by atoms with Gasteiger partial charge in [0.25, 0.3) is 0 Å². The molecule has 0 aromatic heterocycles. The monoisotopic (exact) mass is 347 g/mol. The minimum Gasteiger partial charge on any atom is -0.507 e. The van der Waals surface area contributed by atoms with E-state index in [0.717, 1.165) is 15.6 Å². The normalized spacial score (nSPS) is 14.4. The van der Waals surface area contributed by atoms with Gasteiger partial charge in [0.2, 0.25) is 0 Å². The summed E-state index contributed by atoms with van der Waals surface area (Å²) in [6, 6.07) is 2.16. The van der Waals surface area contributed by atoms with Gasteiger partial charge in [-0.3, -0.25) is 0 Å². The van der Waals surface area contributed by atoms with Crippen LogP contribution in [0.5, 0.6) is 5.75 Å². The standard InChI is InChI=1S/C12H15IO.C2H7N/c1-8-10-6-4-2-3-5-9(10)7-11(13)12(8)14;1-3-2/h7,14H,2-6H2,1H3;3H,1-2H3. The zero-order valence-electron chi connectivity index (χ0n) is 10.9. The van der Waals surface area contributed by atoms with E-state index in [2.05, 4.69) is 34.0 Å². The fraction of sp³-hybridized carbons (Fsp3) is 0.571. The first-order valence-electron chi connectivity index (χ1n) is 6.20. The maximum absolute atomic E-state index is 9.85. The Labute approximate surface area is 118 Å². The predicted octanol–water partition coefficient (Wildman–Crippen LogP) is 3.41. The fourth-order valence-corrected chi connectivity index (χ4v) is 3.02. The molecule has 3 heteroatoms. The maximum atomic E-state index is 9.85. The third-order valence-corrected chi connectivity index (χ3v) is 3.92. The lowest BCUT2D eigenvalue weighted by Gasteiger charge is -2.12. The number of aromatic hydroxyl groups is 1. The number of benzene rings is 1. The number of rotatable bonds is 0. The van der Waals surface area contributed by atoms with Gasteiger partial charge in [0, 0.05) is 0 Å². The Kier molecular flexibility index (Phi) is 6.27. The van der Waals surface area contributed by atoms with Crippen molar-refractivity contribution in [3.05, 3.63) is 26.3 Å². The molecule has 0 amide bonds. The Bertz CT molecular complexity index is 377. The minimum atomic E-state index is 0.492. The second kappa shape index (κ2) is 7.21. The van der Waals surface area contributed by atoms with Crippen molar-refractivity contribution >= 4 is 22.6 Å². The van der Waals surface area contributed by atoms with Crippen molar-refractivity contribution in [1.82, 2.24) is 5.32 Å². The molecule has 2 rings (SSSR count). The number of phenolic OH excluding ortho intramolecular Hbond substituents is 1. The molecule has 2 nitrogen and oxygen atoms in total. The van der Waals surface area contributed by atoms with Crippen molar-refractivity contribution in [2.45, 2.75) is 39.0 Å². The molecule has 0 radical (unpaired) electrons. The molecule has 2 N–H and O–H groups in total. The molecule has 0 fully saturated rings. The second-order valence-corrected chi connectivity index (χ2v) is 5.69. The van der Waals surface area contributed by atoms with Crippen LogP contribution >= 0.6 is 22.6 Å². The lowest BCUT2D eigenvalue weighted by Crippen LogP contribution is -1.97. The van der Waals surface area contributed by atoms with Crippen LogP contribution in [0.25, 0.3) is 0 Å². The number of fused-ring (bicyclic) bond motifs is 1. The van der Waals surface area contributed by atoms with E-state index in [9.17, 15) is 5.11 Å². The van der Waals surface area contributed by atoms with E-state index in [4.69, 9.17) is 0 Å². The van der Waals surface area contributed by atoms with Crippen molar-refractivity contribution in [2.75, 3.05) is 14.1 Å². The quantitative estimate of drug-likeness (QED) is 0.557. The summed E-state index contributed by atoms with van der Waals surface area (Å²) >= 11 is 2.22. The van der Waals surface area contributed by atoms with E-state index in [1.807, 2.05) is 21.0 Å². The van der Waals surface area contributed by atoms with Gasteiger partial charge in [0.1, 0.15) is 5.75 Å². The lowest BCUT2D eigenvalue weighted by molar-refractivity contribution is 0.466. The third-order valence-electron chi connectivity index (χ3n) is 3.10. The van der Waals surface area contributed by atoms with Gasteiger partial charge in [-0.25, -0.2) is 0 Å². The number of hydrogen-bond donors (Lipinski definition) is 2. The Morgan fingerprint density at radius 3 is 2.41 bits per heavy atom. The van der Waals surface area contributed by atoms with Gasteiger partial charge < -0.3 is 10.4 Å². The average Bonchev–Trinajstić information content (AvgIpc) is 2.52. The van der Waals surface area contributed by atoms with E-state index in [1.165, 1.54) is 36.8 Å². The smallest absolute Gasteiger partial charge is 0.132 e. The molecular weight excluding hydrogens is 325 g/mol. The SMILES string of the molecule is CNC.Cc1c(O)c(I)cc2c1CCCCC2. The zero-order valence-corrected chi connectivity index (χ0v) is 13.1. The van der Waals surface area contributed by atoms with Crippen LogP contribution < -0.4 is 5.32 Å². The van der Waals surface area contributed by atoms with E-state index < -0.39 is 0 Å². The minimum absolute atomic E-state index is 0.492. The van der Waals surface area contributed by atoms with Crippen LogP contribution in [-0.4, -0.2) is 19.2 Å². The van der Waals surface area contributed by atoms with Crippen LogP contribution in [0, 0.1) is 10.5 Å². The molecule has 1 aliphatic rings. The van der Waals surface area contributed by atoms with Crippen LogP contribution in [0.1, 0.15) is 36.0 Å². The largest absolute Gasteiger partial charge is 0.507 e. The van der Waals surface area contributed by atoms with Gasteiger partial charge in [0.15, 0.2) is 0 Å². The van der Waals surface area contributed by atoms with E-state index >= 15 is 0 Å². The van der Waals surface area contributed by atoms with Crippen LogP contribution in [0.3, 0.4) is 0 Å². The fourth-order valence-electron chi connectivity index (χ4n) is 2.24. The van der Waals surface area contributed by atoms with Crippen molar-refractivity contribution in [1.29, 1.82) is 0 Å². The highest BCUT2D eigenvalue weighted by molar-refractivity contribution is 14.1. The first kappa shape index (κ1) is 14.8. The summed E-state index contributed by atoms with van der Waals surface area (Å²) in [6.45, 7) is 2.04. The highest BCUT2D eigenvalue weighted by Gasteiger charge is 2.14. The zero-order chi connectivity index (χ0) is 12.8. The predicted molar refractivity (Wildman–Crippen MR) is 81.8 cm³/mol. The van der Waals surface area contributed by atoms with Crippen LogP contribution in [0.4, 0.5) is 0 Å². The van der Waals surface area contributed by atoms with Gasteiger partial charge in [-0.05, 0) is 92.0 Å². The molecule has 0 aliphatic heterocycles. The highest BCUT2D eigenvalue weighted by Crippen LogP contribution is 2.33. The first-order chi connectivity index (χ1) is 8.11. The number of hydrogen-bond acceptors (Lipinski definition) is 2. The van der Waals surface area contributed by atoms with Crippen molar-refractivity contribution < 1.29 is 5.11 Å². The first-order valence-corrected chi connectivity index (χ1v) is 7.28. The molecule has 0 saturated carbocycles. The van der Waals surface area contributed by atoms with Crippen LogP contribution in [0.2, 0.25) is 0 Å². The summed E-state index contributed by atoms with van der Waals surface area (Å²) in [7, 11) is 3.75. The number of nitrogens with one attached hydrogen (secondary N) is 1. The Morgan fingerprint density at radius 2 is 1.76 bits per heavy atom. The molecule has 1 aliphatic carbocycles. The van der Waals surface area contributed by atoms with Crippen molar-refractivity contribution in [3.63, 3.8) is 0 Å². The van der Waals surface area contributed by atoms with Crippen molar-refractivity contribution in [3.8, 4) is 5.75 Å². The summed E-state index contributed by atoms with van der Waals surface area (Å²) in [5, 5.41) is 12.6. The van der Waals surface area contributed by atoms with E-state index in [0.29, 0.717) is 5.75 Å². The Morgan fingerprint density at radius 1 is 1.18 bits per heavy atom. The molecular formula is C14H22INO.